The highest BCUT2D eigenvalue weighted by Crippen LogP contribution is 1.06. The predicted octanol–water partition coefficient (Wildman–Crippen LogP) is -1.06. The van der Waals surface area contributed by atoms with Gasteiger partial charge in [-0.15, -0.1) is 0 Å². The van der Waals surface area contributed by atoms with E-state index in [0.717, 1.165) is 6.26 Å². The third kappa shape index (κ3) is 5.56. The first-order chi connectivity index (χ1) is 2.83. The number of amides is 1. The molecule has 1 amide bonds. The molecule has 0 spiro atoms. The van der Waals surface area contributed by atoms with Gasteiger partial charge in [0.1, 0.15) is 0 Å². The Bertz CT molecular complexity index is 55.1. The molecule has 0 saturated carbocycles. The van der Waals surface area contributed by atoms with Gasteiger partial charge >= 0.3 is 0 Å². The number of carbonyl (C=O) groups is 1. The fraction of sp³-hybridized carbons (Fsp3) is 0. The molecule has 0 aliphatic heterocycles. The predicted molar refractivity (Wildman–Crippen MR) is 17.8 cm³/mol. The van der Waals surface area contributed by atoms with Crippen LogP contribution in [0, 0.1) is 11.5 Å². The maximum Gasteiger partial charge on any atom is 0.283 e. The number of nitriles is 1. The first-order valence-electron chi connectivity index (χ1n) is 1.02. The van der Waals surface area contributed by atoms with Crippen LogP contribution in [0.25, 0.3) is 0 Å². The second-order valence-corrected chi connectivity index (χ2v) is 0.236. The van der Waals surface area contributed by atoms with Crippen LogP contribution in [0.4, 0.5) is 0 Å². The Labute approximate surface area is 34.8 Å². The van der Waals surface area contributed by atoms with E-state index in [9.17, 15) is 0 Å². The van der Waals surface area contributed by atoms with Crippen LogP contribution in [0.3, 0.4) is 0 Å². The van der Waals surface area contributed by atoms with Crippen LogP contribution >= 0.6 is 0 Å². The average molecular weight is 88.1 g/mol. The van der Waals surface area contributed by atoms with E-state index in [2.05, 4.69) is 5.73 Å². The average Bonchev–Trinajstić information content (AvgIpc) is 1.39. The number of carbonyl (C=O) groups excluding carboxylic acids is 1. The van der Waals surface area contributed by atoms with Crippen molar-refractivity contribution in [2.75, 3.05) is 0 Å². The molecule has 0 bridgehead atoms. The van der Waals surface area contributed by atoms with Crippen molar-refractivity contribution in [3.05, 3.63) is 0 Å². The topological polar surface area (TPSA) is 87.1 Å². The molecule has 34 valence electrons. The van der Waals surface area contributed by atoms with Crippen LogP contribution in [0.15, 0.2) is 0 Å². The Balaban J connectivity index is 0. The number of aliphatic hydroxyl groups is 1. The van der Waals surface area contributed by atoms with Crippen molar-refractivity contribution in [3.63, 3.8) is 0 Å². The number of nitrogens with zero attached hydrogens (tertiary/aromatic N) is 1. The largest absolute Gasteiger partial charge is 0.443 e. The van der Waals surface area contributed by atoms with Gasteiger partial charge in [-0.05, 0) is 0 Å². The SMILES string of the molecule is N#CO.NC=O. The van der Waals surface area contributed by atoms with Crippen LogP contribution in [0.2, 0.25) is 0 Å². The Morgan fingerprint density at radius 2 is 2.00 bits per heavy atom. The number of nitrogens with two attached hydrogens (primary N) is 1. The van der Waals surface area contributed by atoms with E-state index >= 15 is 0 Å². The quantitative estimate of drug-likeness (QED) is 0.292. The van der Waals surface area contributed by atoms with E-state index in [1.54, 1.807) is 0 Å². The standard InChI is InChI=1S/CH3NO.CHNO/c2*2-1-3/h1H,(H2,2,3);3H. The highest BCUT2D eigenvalue weighted by Gasteiger charge is 1.19. The zero-order valence-corrected chi connectivity index (χ0v) is 2.96. The molecule has 0 aromatic heterocycles. The summed E-state index contributed by atoms with van der Waals surface area (Å²) in [6.45, 7) is 0. The summed E-state index contributed by atoms with van der Waals surface area (Å²) in [6, 6.07) is 0. The number of aliphatic hydroxyl groups excluding tert-OH is 1. The minimum absolute atomic E-state index is 0.250. The summed E-state index contributed by atoms with van der Waals surface area (Å²) in [4.78, 5) is 8.58. The lowest BCUT2D eigenvalue weighted by Gasteiger charge is -1.32. The minimum Gasteiger partial charge on any atom is -0.443 e. The molecule has 0 rings (SSSR count). The van der Waals surface area contributed by atoms with Crippen molar-refractivity contribution in [2.45, 2.75) is 0 Å². The van der Waals surface area contributed by atoms with E-state index in [0.29, 0.717) is 0 Å². The number of hydrogen-bond acceptors (Lipinski definition) is 3. The molecule has 6 heavy (non-hydrogen) atoms. The third-order valence-electron chi connectivity index (χ3n) is 0. The monoisotopic (exact) mass is 88.0 g/mol. The fourth-order valence-corrected chi connectivity index (χ4v) is 0. The summed E-state index contributed by atoms with van der Waals surface area (Å²) < 4.78 is 0. The molecule has 0 radical (unpaired) electrons. The first-order valence-corrected chi connectivity index (χ1v) is 1.02. The summed E-state index contributed by atoms with van der Waals surface area (Å²) in [5, 5.41) is 13.8. The lowest BCUT2D eigenvalue weighted by molar-refractivity contribution is -0.106. The summed E-state index contributed by atoms with van der Waals surface area (Å²) in [5.74, 6) is 0. The molecule has 0 fully saturated rings. The Morgan fingerprint density at radius 3 is 2.00 bits per heavy atom. The van der Waals surface area contributed by atoms with Crippen LogP contribution in [0.5, 0.6) is 0 Å². The summed E-state index contributed by atoms with van der Waals surface area (Å²) >= 11 is 0. The summed E-state index contributed by atoms with van der Waals surface area (Å²) in [7, 11) is 0. The highest BCUT2D eigenvalue weighted by molar-refractivity contribution is 5.42. The highest BCUT2D eigenvalue weighted by atomic mass is 16.2. The van der Waals surface area contributed by atoms with E-state index in [1.165, 1.54) is 0 Å². The lowest BCUT2D eigenvalue weighted by Crippen LogP contribution is -1.82. The van der Waals surface area contributed by atoms with Gasteiger partial charge < -0.3 is 10.8 Å². The van der Waals surface area contributed by atoms with Crippen molar-refractivity contribution in [2.24, 2.45) is 5.73 Å². The van der Waals surface area contributed by atoms with Crippen LogP contribution in [-0.4, -0.2) is 11.5 Å². The van der Waals surface area contributed by atoms with Gasteiger partial charge in [0.25, 0.3) is 6.26 Å². The molecule has 4 nitrogen and oxygen atoms in total. The van der Waals surface area contributed by atoms with E-state index in [-0.39, 0.29) is 6.41 Å². The fourth-order valence-electron chi connectivity index (χ4n) is 0. The normalized spacial score (nSPS) is 3.17. The maximum absolute atomic E-state index is 8.58. The van der Waals surface area contributed by atoms with Gasteiger partial charge in [-0.3, -0.25) is 4.79 Å². The minimum atomic E-state index is 0.250. The number of hydrogen-bond donors (Lipinski definition) is 2. The lowest BCUT2D eigenvalue weighted by atomic mass is 11.5. The van der Waals surface area contributed by atoms with Crippen molar-refractivity contribution in [1.82, 2.24) is 0 Å². The van der Waals surface area contributed by atoms with Crippen molar-refractivity contribution >= 4 is 6.41 Å². The molecule has 0 atom stereocenters. The van der Waals surface area contributed by atoms with Crippen molar-refractivity contribution in [3.8, 4) is 6.26 Å². The molecule has 0 heterocycles. The zero-order chi connectivity index (χ0) is 5.41. The maximum atomic E-state index is 8.58. The molecule has 0 unspecified atom stereocenters. The van der Waals surface area contributed by atoms with Gasteiger partial charge in [0.15, 0.2) is 0 Å². The van der Waals surface area contributed by atoms with Crippen LogP contribution in [0.1, 0.15) is 0 Å². The molecule has 0 aromatic carbocycles. The second-order valence-electron chi connectivity index (χ2n) is 0.236. The molecule has 0 aliphatic rings. The van der Waals surface area contributed by atoms with Gasteiger partial charge in [-0.1, -0.05) is 0 Å². The van der Waals surface area contributed by atoms with Gasteiger partial charge in [-0.2, -0.15) is 5.26 Å². The Hall–Kier alpha value is -1.24. The van der Waals surface area contributed by atoms with Crippen LogP contribution < -0.4 is 5.73 Å². The molecule has 0 aliphatic carbocycles. The summed E-state index contributed by atoms with van der Waals surface area (Å²) in [6.07, 6.45) is 1.00. The van der Waals surface area contributed by atoms with E-state index in [4.69, 9.17) is 15.2 Å². The smallest absolute Gasteiger partial charge is 0.283 e. The summed E-state index contributed by atoms with van der Waals surface area (Å²) in [5.41, 5.74) is 4.17. The Morgan fingerprint density at radius 1 is 2.00 bits per heavy atom. The molecule has 3 N–H and O–H groups in total. The zero-order valence-electron chi connectivity index (χ0n) is 2.96. The Kier molecular flexibility index (Phi) is 73.0. The van der Waals surface area contributed by atoms with Crippen LogP contribution in [-0.2, 0) is 4.79 Å². The van der Waals surface area contributed by atoms with Crippen molar-refractivity contribution in [1.29, 1.82) is 5.26 Å². The number of primary amides is 1. The molecular formula is C2H4N2O2. The van der Waals surface area contributed by atoms with Gasteiger partial charge in [-0.25, -0.2) is 0 Å². The van der Waals surface area contributed by atoms with Crippen molar-refractivity contribution < 1.29 is 9.90 Å². The third-order valence-corrected chi connectivity index (χ3v) is 0. The molecule has 0 saturated heterocycles. The first kappa shape index (κ1) is 8.83. The second kappa shape index (κ2) is 49.6. The number of rotatable bonds is 0. The van der Waals surface area contributed by atoms with Gasteiger partial charge in [0, 0.05) is 0 Å². The van der Waals surface area contributed by atoms with Gasteiger partial charge in [0.2, 0.25) is 6.41 Å². The molecule has 4 heteroatoms. The molecule has 0 aromatic rings. The van der Waals surface area contributed by atoms with E-state index in [1.807, 2.05) is 0 Å². The molecular weight excluding hydrogens is 84.0 g/mol. The van der Waals surface area contributed by atoms with E-state index < -0.39 is 0 Å². The van der Waals surface area contributed by atoms with Gasteiger partial charge in [0.05, 0.1) is 0 Å².